The highest BCUT2D eigenvalue weighted by atomic mass is 79.9. The fraction of sp³-hybridized carbons (Fsp3) is 0.444. The van der Waals surface area contributed by atoms with Crippen LogP contribution in [0.1, 0.15) is 20.8 Å². The van der Waals surface area contributed by atoms with Gasteiger partial charge in [-0.15, -0.1) is 0 Å². The summed E-state index contributed by atoms with van der Waals surface area (Å²) in [5.74, 6) is 0.511. The Hall–Kier alpha value is -0.370. The first-order chi connectivity index (χ1) is 5.07. The zero-order chi connectivity index (χ0) is 8.85. The fourth-order valence-corrected chi connectivity index (χ4v) is 0.468. The SMILES string of the molecule is C=C/C(Br)=C\N=C(C)C(C)C. The predicted molar refractivity (Wildman–Crippen MR) is 55.2 cm³/mol. The maximum absolute atomic E-state index is 4.23. The third kappa shape index (κ3) is 4.96. The Labute approximate surface area is 77.0 Å². The van der Waals surface area contributed by atoms with Crippen molar-refractivity contribution in [2.45, 2.75) is 20.8 Å². The summed E-state index contributed by atoms with van der Waals surface area (Å²) < 4.78 is 0.914. The number of allylic oxidation sites excluding steroid dienone is 2. The minimum Gasteiger partial charge on any atom is -0.265 e. The normalized spacial score (nSPS) is 13.9. The van der Waals surface area contributed by atoms with Gasteiger partial charge in [-0.2, -0.15) is 0 Å². The molecule has 0 heterocycles. The standard InChI is InChI=1S/C9H14BrN/c1-5-9(10)6-11-8(4)7(2)3/h5-7H,1H2,2-4H3/b9-6+,11-8?. The van der Waals surface area contributed by atoms with Crippen LogP contribution in [0.25, 0.3) is 0 Å². The Morgan fingerprint density at radius 2 is 2.09 bits per heavy atom. The average molecular weight is 216 g/mol. The molecule has 0 aliphatic rings. The van der Waals surface area contributed by atoms with Crippen molar-refractivity contribution >= 4 is 21.6 Å². The monoisotopic (exact) mass is 215 g/mol. The van der Waals surface area contributed by atoms with E-state index < -0.39 is 0 Å². The summed E-state index contributed by atoms with van der Waals surface area (Å²) in [6, 6.07) is 0. The summed E-state index contributed by atoms with van der Waals surface area (Å²) in [5, 5.41) is 0. The lowest BCUT2D eigenvalue weighted by atomic mass is 10.1. The second-order valence-corrected chi connectivity index (χ2v) is 3.56. The molecule has 0 aliphatic carbocycles. The smallest absolute Gasteiger partial charge is 0.0409 e. The fourth-order valence-electron chi connectivity index (χ4n) is 0.365. The van der Waals surface area contributed by atoms with Gasteiger partial charge in [0.1, 0.15) is 0 Å². The Kier molecular flexibility index (Phi) is 5.12. The Morgan fingerprint density at radius 3 is 2.45 bits per heavy atom. The molecule has 0 aromatic carbocycles. The summed E-state index contributed by atoms with van der Waals surface area (Å²) >= 11 is 3.29. The van der Waals surface area contributed by atoms with Gasteiger partial charge in [0.05, 0.1) is 0 Å². The van der Waals surface area contributed by atoms with Crippen molar-refractivity contribution in [1.29, 1.82) is 0 Å². The maximum Gasteiger partial charge on any atom is 0.0409 e. The second-order valence-electron chi connectivity index (χ2n) is 2.64. The lowest BCUT2D eigenvalue weighted by Gasteiger charge is -2.00. The van der Waals surface area contributed by atoms with Crippen LogP contribution in [-0.4, -0.2) is 5.71 Å². The number of hydrogen-bond donors (Lipinski definition) is 0. The van der Waals surface area contributed by atoms with E-state index in [1.54, 1.807) is 12.3 Å². The molecule has 62 valence electrons. The molecule has 2 heteroatoms. The largest absolute Gasteiger partial charge is 0.265 e. The number of hydrogen-bond acceptors (Lipinski definition) is 1. The van der Waals surface area contributed by atoms with Crippen molar-refractivity contribution in [2.24, 2.45) is 10.9 Å². The summed E-state index contributed by atoms with van der Waals surface area (Å²) in [6.07, 6.45) is 3.49. The Morgan fingerprint density at radius 1 is 1.55 bits per heavy atom. The van der Waals surface area contributed by atoms with Crippen LogP contribution in [0.15, 0.2) is 28.3 Å². The van der Waals surface area contributed by atoms with E-state index >= 15 is 0 Å². The summed E-state index contributed by atoms with van der Waals surface area (Å²) in [7, 11) is 0. The lowest BCUT2D eigenvalue weighted by molar-refractivity contribution is 0.878. The van der Waals surface area contributed by atoms with E-state index in [4.69, 9.17) is 0 Å². The summed E-state index contributed by atoms with van der Waals surface area (Å²) in [5.41, 5.74) is 1.13. The van der Waals surface area contributed by atoms with Crippen molar-refractivity contribution in [3.8, 4) is 0 Å². The molecule has 0 aliphatic heterocycles. The lowest BCUT2D eigenvalue weighted by Crippen LogP contribution is -2.00. The number of nitrogens with zero attached hydrogens (tertiary/aromatic N) is 1. The van der Waals surface area contributed by atoms with E-state index in [1.807, 2.05) is 6.92 Å². The quantitative estimate of drug-likeness (QED) is 0.505. The van der Waals surface area contributed by atoms with Gasteiger partial charge in [-0.25, -0.2) is 0 Å². The highest BCUT2D eigenvalue weighted by Crippen LogP contribution is 2.06. The van der Waals surface area contributed by atoms with Crippen LogP contribution in [0.4, 0.5) is 0 Å². The first-order valence-corrected chi connectivity index (χ1v) is 4.39. The molecule has 0 rings (SSSR count). The van der Waals surface area contributed by atoms with Gasteiger partial charge in [0.2, 0.25) is 0 Å². The molecule has 1 nitrogen and oxygen atoms in total. The van der Waals surface area contributed by atoms with Crippen molar-refractivity contribution in [2.75, 3.05) is 0 Å². The van der Waals surface area contributed by atoms with Gasteiger partial charge in [-0.1, -0.05) is 26.5 Å². The first-order valence-electron chi connectivity index (χ1n) is 3.60. The second kappa shape index (κ2) is 5.30. The predicted octanol–water partition coefficient (Wildman–Crippen LogP) is 3.53. The van der Waals surface area contributed by atoms with Gasteiger partial charge in [0.15, 0.2) is 0 Å². The maximum atomic E-state index is 4.23. The van der Waals surface area contributed by atoms with Gasteiger partial charge in [0.25, 0.3) is 0 Å². The Balaban J connectivity index is 4.22. The molecule has 0 atom stereocenters. The molecule has 0 bridgehead atoms. The van der Waals surface area contributed by atoms with Crippen LogP contribution < -0.4 is 0 Å². The molecule has 11 heavy (non-hydrogen) atoms. The van der Waals surface area contributed by atoms with Crippen molar-refractivity contribution in [1.82, 2.24) is 0 Å². The summed E-state index contributed by atoms with van der Waals surface area (Å²) in [6.45, 7) is 9.86. The van der Waals surface area contributed by atoms with Gasteiger partial charge in [0, 0.05) is 16.4 Å². The van der Waals surface area contributed by atoms with Gasteiger partial charge < -0.3 is 0 Å². The van der Waals surface area contributed by atoms with E-state index in [9.17, 15) is 0 Å². The molecule has 0 amide bonds. The third-order valence-corrected chi connectivity index (χ3v) is 1.95. The van der Waals surface area contributed by atoms with Crippen LogP contribution in [-0.2, 0) is 0 Å². The van der Waals surface area contributed by atoms with E-state index in [2.05, 4.69) is 41.3 Å². The van der Waals surface area contributed by atoms with E-state index in [-0.39, 0.29) is 0 Å². The van der Waals surface area contributed by atoms with Crippen LogP contribution >= 0.6 is 15.9 Å². The van der Waals surface area contributed by atoms with Gasteiger partial charge >= 0.3 is 0 Å². The minimum atomic E-state index is 0.511. The molecule has 0 spiro atoms. The molecular formula is C9H14BrN. The van der Waals surface area contributed by atoms with Crippen LogP contribution in [0.2, 0.25) is 0 Å². The summed E-state index contributed by atoms with van der Waals surface area (Å²) in [4.78, 5) is 4.23. The van der Waals surface area contributed by atoms with Crippen molar-refractivity contribution in [3.05, 3.63) is 23.3 Å². The molecular weight excluding hydrogens is 202 g/mol. The third-order valence-electron chi connectivity index (χ3n) is 1.42. The molecule has 0 aromatic heterocycles. The highest BCUT2D eigenvalue weighted by Gasteiger charge is 1.94. The molecule has 0 unspecified atom stereocenters. The van der Waals surface area contributed by atoms with Crippen LogP contribution in [0, 0.1) is 5.92 Å². The van der Waals surface area contributed by atoms with E-state index in [0.717, 1.165) is 10.2 Å². The topological polar surface area (TPSA) is 12.4 Å². The van der Waals surface area contributed by atoms with Gasteiger partial charge in [-0.05, 0) is 28.8 Å². The first kappa shape index (κ1) is 10.6. The number of halogens is 1. The minimum absolute atomic E-state index is 0.511. The molecule has 0 radical (unpaired) electrons. The molecule has 0 saturated heterocycles. The number of aliphatic imine (C=N–C) groups is 1. The number of rotatable bonds is 3. The van der Waals surface area contributed by atoms with E-state index in [1.165, 1.54) is 0 Å². The zero-order valence-electron chi connectivity index (χ0n) is 7.26. The van der Waals surface area contributed by atoms with Crippen molar-refractivity contribution in [3.63, 3.8) is 0 Å². The Bertz CT molecular complexity index is 190. The zero-order valence-corrected chi connectivity index (χ0v) is 8.85. The molecule has 0 N–H and O–H groups in total. The van der Waals surface area contributed by atoms with Crippen molar-refractivity contribution < 1.29 is 0 Å². The van der Waals surface area contributed by atoms with Crippen LogP contribution in [0.3, 0.4) is 0 Å². The highest BCUT2D eigenvalue weighted by molar-refractivity contribution is 9.11. The van der Waals surface area contributed by atoms with E-state index in [0.29, 0.717) is 5.92 Å². The van der Waals surface area contributed by atoms with Gasteiger partial charge in [-0.3, -0.25) is 4.99 Å². The molecule has 0 fully saturated rings. The molecule has 0 saturated carbocycles. The van der Waals surface area contributed by atoms with Crippen LogP contribution in [0.5, 0.6) is 0 Å². The average Bonchev–Trinajstić information content (AvgIpc) is 1.99. The molecule has 0 aromatic rings.